The maximum absolute atomic E-state index is 9.28. The molecule has 0 atom stereocenters. The van der Waals surface area contributed by atoms with Crippen LogP contribution in [0.25, 0.3) is 0 Å². The molecule has 1 saturated heterocycles. The second kappa shape index (κ2) is 5.26. The van der Waals surface area contributed by atoms with E-state index in [1.165, 1.54) is 36.8 Å². The van der Waals surface area contributed by atoms with Crippen molar-refractivity contribution in [2.24, 2.45) is 11.3 Å². The maximum atomic E-state index is 9.28. The molecule has 1 aromatic rings. The number of rotatable bonds is 5. The van der Waals surface area contributed by atoms with Gasteiger partial charge in [-0.15, -0.1) is 0 Å². The fourth-order valence-corrected chi connectivity index (χ4v) is 3.39. The largest absolute Gasteiger partial charge is 0.396 e. The summed E-state index contributed by atoms with van der Waals surface area (Å²) in [7, 11) is 0. The Bertz CT molecular complexity index is 433. The van der Waals surface area contributed by atoms with Crippen LogP contribution in [0.4, 0.5) is 0 Å². The molecule has 1 aromatic carbocycles. The van der Waals surface area contributed by atoms with Crippen LogP contribution in [0.2, 0.25) is 0 Å². The Hall–Kier alpha value is -0.860. The highest BCUT2D eigenvalue weighted by atomic mass is 16.3. The van der Waals surface area contributed by atoms with Gasteiger partial charge in [0.1, 0.15) is 0 Å². The molecule has 1 saturated carbocycles. The number of benzene rings is 1. The normalized spacial score (nSPS) is 22.8. The molecule has 0 spiro atoms. The highest BCUT2D eigenvalue weighted by Gasteiger charge is 2.37. The molecule has 104 valence electrons. The molecule has 1 aliphatic heterocycles. The van der Waals surface area contributed by atoms with Crippen molar-refractivity contribution in [3.05, 3.63) is 35.4 Å². The summed E-state index contributed by atoms with van der Waals surface area (Å²) in [6.07, 6.45) is 5.54. The number of likely N-dealkylation sites (tertiary alicyclic amines) is 1. The fraction of sp³-hybridized carbons (Fsp3) is 0.647. The molecule has 0 unspecified atom stereocenters. The number of aliphatic hydroxyl groups excluding tert-OH is 1. The first kappa shape index (κ1) is 13.1. The van der Waals surface area contributed by atoms with Gasteiger partial charge in [-0.2, -0.15) is 0 Å². The van der Waals surface area contributed by atoms with Gasteiger partial charge in [0.25, 0.3) is 0 Å². The third-order valence-electron chi connectivity index (χ3n) is 4.74. The minimum atomic E-state index is 0.142. The lowest BCUT2D eigenvalue weighted by atomic mass is 9.80. The van der Waals surface area contributed by atoms with Gasteiger partial charge in [-0.1, -0.05) is 50.5 Å². The zero-order chi connectivity index (χ0) is 13.3. The van der Waals surface area contributed by atoms with E-state index in [2.05, 4.69) is 36.1 Å². The number of hydrogen-bond acceptors (Lipinski definition) is 2. The Balaban J connectivity index is 1.55. The zero-order valence-corrected chi connectivity index (χ0v) is 11.9. The summed E-state index contributed by atoms with van der Waals surface area (Å²) in [5.74, 6) is 0.942. The lowest BCUT2D eigenvalue weighted by Gasteiger charge is -2.47. The van der Waals surface area contributed by atoms with Crippen molar-refractivity contribution < 1.29 is 5.11 Å². The Morgan fingerprint density at radius 2 is 2.00 bits per heavy atom. The van der Waals surface area contributed by atoms with Gasteiger partial charge >= 0.3 is 0 Å². The van der Waals surface area contributed by atoms with Gasteiger partial charge in [0, 0.05) is 25.0 Å². The molecule has 1 aliphatic carbocycles. The van der Waals surface area contributed by atoms with Crippen LogP contribution in [0.5, 0.6) is 0 Å². The van der Waals surface area contributed by atoms with E-state index < -0.39 is 0 Å². The van der Waals surface area contributed by atoms with E-state index >= 15 is 0 Å². The lowest BCUT2D eigenvalue weighted by molar-refractivity contribution is -0.0319. The highest BCUT2D eigenvalue weighted by Crippen LogP contribution is 2.32. The summed E-state index contributed by atoms with van der Waals surface area (Å²) in [4.78, 5) is 2.43. The van der Waals surface area contributed by atoms with Crippen molar-refractivity contribution in [2.45, 2.75) is 39.2 Å². The molecule has 1 N–H and O–H groups in total. The van der Waals surface area contributed by atoms with Gasteiger partial charge in [0.15, 0.2) is 0 Å². The van der Waals surface area contributed by atoms with E-state index in [9.17, 15) is 5.11 Å². The van der Waals surface area contributed by atoms with Gasteiger partial charge in [0.05, 0.1) is 6.61 Å². The summed E-state index contributed by atoms with van der Waals surface area (Å²) in [5.41, 5.74) is 3.08. The molecule has 3 rings (SSSR count). The third-order valence-corrected chi connectivity index (χ3v) is 4.74. The fourth-order valence-electron chi connectivity index (χ4n) is 3.39. The molecule has 0 bridgehead atoms. The Kier molecular flexibility index (Phi) is 3.64. The van der Waals surface area contributed by atoms with E-state index in [0.29, 0.717) is 6.61 Å². The molecule has 0 radical (unpaired) electrons. The van der Waals surface area contributed by atoms with Crippen LogP contribution in [0, 0.1) is 11.3 Å². The van der Waals surface area contributed by atoms with Crippen LogP contribution < -0.4 is 0 Å². The van der Waals surface area contributed by atoms with Gasteiger partial charge in [-0.3, -0.25) is 4.90 Å². The second-order valence-electron chi connectivity index (χ2n) is 6.93. The zero-order valence-electron chi connectivity index (χ0n) is 11.9. The van der Waals surface area contributed by atoms with Crippen LogP contribution in [0.15, 0.2) is 24.3 Å². The van der Waals surface area contributed by atoms with Crippen molar-refractivity contribution in [1.82, 2.24) is 4.90 Å². The Labute approximate surface area is 116 Å². The Morgan fingerprint density at radius 3 is 2.63 bits per heavy atom. The first-order valence-electron chi connectivity index (χ1n) is 7.58. The van der Waals surface area contributed by atoms with E-state index in [0.717, 1.165) is 25.6 Å². The maximum Gasteiger partial charge on any atom is 0.0509 e. The molecule has 1 heterocycles. The van der Waals surface area contributed by atoms with Gasteiger partial charge in [-0.25, -0.2) is 0 Å². The van der Waals surface area contributed by atoms with Gasteiger partial charge in [-0.05, 0) is 23.5 Å². The number of aliphatic hydroxyl groups is 1. The average molecular weight is 259 g/mol. The average Bonchev–Trinajstić information content (AvgIpc) is 2.32. The first-order valence-corrected chi connectivity index (χ1v) is 7.58. The van der Waals surface area contributed by atoms with E-state index in [1.54, 1.807) is 0 Å². The molecule has 2 nitrogen and oxygen atoms in total. The van der Waals surface area contributed by atoms with Crippen molar-refractivity contribution >= 4 is 0 Å². The first-order chi connectivity index (χ1) is 9.17. The SMILES string of the molecule is CC1(CO)CN(Cc2cccc(CC3CCC3)c2)C1. The topological polar surface area (TPSA) is 23.5 Å². The molecular formula is C17H25NO. The van der Waals surface area contributed by atoms with Crippen molar-refractivity contribution in [3.8, 4) is 0 Å². The van der Waals surface area contributed by atoms with Crippen LogP contribution >= 0.6 is 0 Å². The van der Waals surface area contributed by atoms with Crippen LogP contribution in [-0.4, -0.2) is 29.7 Å². The van der Waals surface area contributed by atoms with Gasteiger partial charge < -0.3 is 5.11 Å². The minimum absolute atomic E-state index is 0.142. The Morgan fingerprint density at radius 1 is 1.26 bits per heavy atom. The molecular weight excluding hydrogens is 234 g/mol. The van der Waals surface area contributed by atoms with Gasteiger partial charge in [0.2, 0.25) is 0 Å². The molecule has 0 aromatic heterocycles. The summed E-state index contributed by atoms with van der Waals surface area (Å²) in [5, 5.41) is 9.28. The standard InChI is InChI=1S/C17H25NO/c1-17(13-19)11-18(12-17)10-16-7-3-6-15(9-16)8-14-4-2-5-14/h3,6-7,9,14,19H,2,4-5,8,10-13H2,1H3. The number of nitrogens with zero attached hydrogens (tertiary/aromatic N) is 1. The van der Waals surface area contributed by atoms with Crippen LogP contribution in [0.3, 0.4) is 0 Å². The second-order valence-corrected chi connectivity index (χ2v) is 6.93. The third kappa shape index (κ3) is 3.01. The monoisotopic (exact) mass is 259 g/mol. The molecule has 2 heteroatoms. The highest BCUT2D eigenvalue weighted by molar-refractivity contribution is 5.24. The predicted molar refractivity (Wildman–Crippen MR) is 78.0 cm³/mol. The lowest BCUT2D eigenvalue weighted by Crippen LogP contribution is -2.55. The summed E-state index contributed by atoms with van der Waals surface area (Å²) >= 11 is 0. The molecule has 2 fully saturated rings. The van der Waals surface area contributed by atoms with E-state index in [4.69, 9.17) is 0 Å². The minimum Gasteiger partial charge on any atom is -0.396 e. The van der Waals surface area contributed by atoms with Crippen LogP contribution in [-0.2, 0) is 13.0 Å². The summed E-state index contributed by atoms with van der Waals surface area (Å²) in [6, 6.07) is 9.09. The molecule has 2 aliphatic rings. The predicted octanol–water partition coefficient (Wildman–Crippen LogP) is 2.84. The molecule has 0 amide bonds. The van der Waals surface area contributed by atoms with E-state index in [1.807, 2.05) is 0 Å². The van der Waals surface area contributed by atoms with Crippen molar-refractivity contribution in [1.29, 1.82) is 0 Å². The summed E-state index contributed by atoms with van der Waals surface area (Å²) < 4.78 is 0. The van der Waals surface area contributed by atoms with Crippen LogP contribution in [0.1, 0.15) is 37.3 Å². The van der Waals surface area contributed by atoms with Crippen molar-refractivity contribution in [2.75, 3.05) is 19.7 Å². The smallest absolute Gasteiger partial charge is 0.0509 e. The van der Waals surface area contributed by atoms with E-state index in [-0.39, 0.29) is 5.41 Å². The quantitative estimate of drug-likeness (QED) is 0.879. The summed E-state index contributed by atoms with van der Waals surface area (Å²) in [6.45, 7) is 5.56. The molecule has 19 heavy (non-hydrogen) atoms. The number of hydrogen-bond donors (Lipinski definition) is 1. The van der Waals surface area contributed by atoms with Crippen molar-refractivity contribution in [3.63, 3.8) is 0 Å².